The average molecular weight is 996 g/mol. The van der Waals surface area contributed by atoms with E-state index in [1.165, 1.54) is 305 Å². The number of benzene rings is 2. The molecule has 3 heteroatoms. The van der Waals surface area contributed by atoms with E-state index in [0.29, 0.717) is 0 Å². The average Bonchev–Trinajstić information content (AvgIpc) is 3.37. The molecular formula is C66H116N2Ni+. The van der Waals surface area contributed by atoms with E-state index in [1.54, 1.807) is 0 Å². The van der Waals surface area contributed by atoms with Crippen molar-refractivity contribution in [2.24, 2.45) is 4.99 Å². The molecule has 2 nitrogen and oxygen atoms in total. The van der Waals surface area contributed by atoms with Gasteiger partial charge in [-0.3, -0.25) is 0 Å². The Bertz CT molecular complexity index is 1440. The van der Waals surface area contributed by atoms with E-state index in [1.807, 2.05) is 0 Å². The molecule has 0 saturated carbocycles. The SMILES string of the molecule is CCCCCCCCCCCCCCCCCCCCCc1ccc(N=C(CCCC)C(CCCCCC)=[N+]([Ni])c2ccc(CCCCCCCCCCCCCCCCCCCCC)cc2)cc1. The molecule has 0 aliphatic heterocycles. The quantitative estimate of drug-likeness (QED) is 0.0357. The van der Waals surface area contributed by atoms with Crippen molar-refractivity contribution in [1.29, 1.82) is 0 Å². The summed E-state index contributed by atoms with van der Waals surface area (Å²) < 4.78 is 2.11. The Morgan fingerprint density at radius 1 is 0.319 bits per heavy atom. The first kappa shape index (κ1) is 63.4. The molecule has 0 aliphatic carbocycles. The fourth-order valence-corrected chi connectivity index (χ4v) is 10.7. The van der Waals surface area contributed by atoms with Gasteiger partial charge in [0.15, 0.2) is 0 Å². The predicted octanol–water partition coefficient (Wildman–Crippen LogP) is 23.1. The van der Waals surface area contributed by atoms with Gasteiger partial charge in [-0.1, -0.05) is 200 Å². The molecule has 2 aromatic rings. The molecule has 0 spiro atoms. The summed E-state index contributed by atoms with van der Waals surface area (Å²) in [5.41, 5.74) is 7.56. The van der Waals surface area contributed by atoms with Gasteiger partial charge >= 0.3 is 243 Å². The van der Waals surface area contributed by atoms with Crippen molar-refractivity contribution in [2.75, 3.05) is 0 Å². The van der Waals surface area contributed by atoms with Gasteiger partial charge in [0.1, 0.15) is 0 Å². The molecule has 2 rings (SSSR count). The molecule has 0 heterocycles. The van der Waals surface area contributed by atoms with Gasteiger partial charge in [0, 0.05) is 0 Å². The van der Waals surface area contributed by atoms with Gasteiger partial charge in [-0.05, 0) is 0 Å². The summed E-state index contributed by atoms with van der Waals surface area (Å²) in [6.07, 6.45) is 65.9. The predicted molar refractivity (Wildman–Crippen MR) is 307 cm³/mol. The maximum atomic E-state index is 5.89. The number of hydrogen-bond acceptors (Lipinski definition) is 1. The van der Waals surface area contributed by atoms with Crippen LogP contribution >= 0.6 is 0 Å². The van der Waals surface area contributed by atoms with Crippen molar-refractivity contribution < 1.29 is 19.3 Å². The summed E-state index contributed by atoms with van der Waals surface area (Å²) in [5.74, 6) is 0. The van der Waals surface area contributed by atoms with Crippen LogP contribution < -0.4 is 0 Å². The third kappa shape index (κ3) is 36.8. The normalized spacial score (nSPS) is 12.3. The summed E-state index contributed by atoms with van der Waals surface area (Å²) in [7, 11) is 0. The zero-order valence-corrected chi connectivity index (χ0v) is 47.8. The standard InChI is InChI=1S/C66H116N2.Ni/c1-5-9-13-16-18-20-22-24-26-28-30-32-34-36-38-40-42-44-46-49-61-53-57-63(58-54-61)67-65(51-12-8-4)66(52-48-15-11-7-3)68-64-59-55-62(56-60-64)50-47-45-43-41-39-37-35-33-31-29-27-25-23-21-19-17-14-10-6-2;/h53-60H,5-52H2,1-4H3;/q;+1. The molecule has 399 valence electrons. The van der Waals surface area contributed by atoms with Gasteiger partial charge in [0.2, 0.25) is 0 Å². The van der Waals surface area contributed by atoms with Gasteiger partial charge in [0.05, 0.1) is 0 Å². The van der Waals surface area contributed by atoms with Crippen LogP contribution in [0.15, 0.2) is 53.5 Å². The Morgan fingerprint density at radius 2 is 0.594 bits per heavy atom. The third-order valence-electron chi connectivity index (χ3n) is 15.1. The van der Waals surface area contributed by atoms with Gasteiger partial charge in [-0.15, -0.1) is 0 Å². The zero-order valence-electron chi connectivity index (χ0n) is 46.8. The van der Waals surface area contributed by atoms with Crippen molar-refractivity contribution in [3.63, 3.8) is 0 Å². The topological polar surface area (TPSA) is 15.4 Å². The minimum atomic E-state index is 0.984. The summed E-state index contributed by atoms with van der Waals surface area (Å²) in [4.78, 5) is 5.38. The molecule has 0 radical (unpaired) electrons. The molecule has 0 aliphatic rings. The summed E-state index contributed by atoms with van der Waals surface area (Å²) >= 11 is 5.89. The van der Waals surface area contributed by atoms with E-state index in [9.17, 15) is 0 Å². The molecular weight excluding hydrogens is 879 g/mol. The summed E-state index contributed by atoms with van der Waals surface area (Å²) in [5, 5.41) is 0. The fourth-order valence-electron chi connectivity index (χ4n) is 10.3. The van der Waals surface area contributed by atoms with E-state index < -0.39 is 0 Å². The number of nitrogens with zero attached hydrogens (tertiary/aromatic N) is 2. The van der Waals surface area contributed by atoms with Gasteiger partial charge < -0.3 is 0 Å². The Balaban J connectivity index is 1.71. The molecule has 0 atom stereocenters. The molecule has 0 aromatic heterocycles. The summed E-state index contributed by atoms with van der Waals surface area (Å²) in [6.45, 7) is 9.21. The summed E-state index contributed by atoms with van der Waals surface area (Å²) in [6, 6.07) is 18.4. The van der Waals surface area contributed by atoms with Crippen molar-refractivity contribution in [3.8, 4) is 0 Å². The Kier molecular flexibility index (Phi) is 44.6. The van der Waals surface area contributed by atoms with E-state index in [4.69, 9.17) is 20.7 Å². The second kappa shape index (κ2) is 48.5. The van der Waals surface area contributed by atoms with Crippen LogP contribution in [0.25, 0.3) is 0 Å². The minimum absolute atomic E-state index is 0.984. The number of aryl methyl sites for hydroxylation is 2. The van der Waals surface area contributed by atoms with Crippen LogP contribution in [0.4, 0.5) is 11.4 Å². The number of hydrogen-bond donors (Lipinski definition) is 0. The van der Waals surface area contributed by atoms with Gasteiger partial charge in [-0.25, -0.2) is 0 Å². The Hall–Kier alpha value is -1.73. The van der Waals surface area contributed by atoms with Gasteiger partial charge in [-0.2, -0.15) is 0 Å². The molecule has 69 heavy (non-hydrogen) atoms. The van der Waals surface area contributed by atoms with Crippen LogP contribution in [0.1, 0.15) is 334 Å². The van der Waals surface area contributed by atoms with Crippen LogP contribution in [0.3, 0.4) is 0 Å². The van der Waals surface area contributed by atoms with Crippen LogP contribution in [0.2, 0.25) is 0 Å². The molecule has 0 unspecified atom stereocenters. The molecule has 0 bridgehead atoms. The first-order valence-corrected chi connectivity index (χ1v) is 31.6. The second-order valence-corrected chi connectivity index (χ2v) is 22.2. The second-order valence-electron chi connectivity index (χ2n) is 21.7. The number of unbranched alkanes of at least 4 members (excludes halogenated alkanes) is 40. The fraction of sp³-hybridized carbons (Fsp3) is 0.788. The monoisotopic (exact) mass is 995 g/mol. The van der Waals surface area contributed by atoms with Crippen molar-refractivity contribution >= 4 is 22.8 Å². The van der Waals surface area contributed by atoms with E-state index in [2.05, 4.69) is 79.9 Å². The van der Waals surface area contributed by atoms with Crippen LogP contribution in [0.5, 0.6) is 0 Å². The Labute approximate surface area is 440 Å². The molecule has 2 aromatic carbocycles. The molecule has 0 amide bonds. The van der Waals surface area contributed by atoms with Crippen molar-refractivity contribution in [2.45, 2.75) is 336 Å². The number of rotatable bonds is 51. The molecule has 0 saturated heterocycles. The third-order valence-corrected chi connectivity index (χ3v) is 15.6. The van der Waals surface area contributed by atoms with E-state index >= 15 is 0 Å². The Morgan fingerprint density at radius 3 is 0.913 bits per heavy atom. The van der Waals surface area contributed by atoms with Crippen molar-refractivity contribution in [1.82, 2.24) is 0 Å². The van der Waals surface area contributed by atoms with Gasteiger partial charge in [0.25, 0.3) is 0 Å². The maximum absolute atomic E-state index is 5.89. The van der Waals surface area contributed by atoms with E-state index in [-0.39, 0.29) is 0 Å². The van der Waals surface area contributed by atoms with Crippen LogP contribution in [0, 0.1) is 0 Å². The zero-order chi connectivity index (χ0) is 49.3. The first-order chi connectivity index (χ1) is 34.1. The first-order valence-electron chi connectivity index (χ1n) is 31.2. The van der Waals surface area contributed by atoms with Crippen LogP contribution in [-0.4, -0.2) is 15.1 Å². The van der Waals surface area contributed by atoms with Crippen LogP contribution in [-0.2, 0) is 28.5 Å². The molecule has 0 N–H and O–H groups in total. The van der Waals surface area contributed by atoms with Crippen molar-refractivity contribution in [3.05, 3.63) is 59.7 Å². The van der Waals surface area contributed by atoms with E-state index in [0.717, 1.165) is 37.1 Å². The molecule has 0 fully saturated rings. The number of aliphatic imine (C=N–C) groups is 1.